The third-order valence-corrected chi connectivity index (χ3v) is 10.7. The lowest BCUT2D eigenvalue weighted by atomic mass is 9.98. The van der Waals surface area contributed by atoms with Gasteiger partial charge in [-0.1, -0.05) is 152 Å². The summed E-state index contributed by atoms with van der Waals surface area (Å²) in [5, 5.41) is 2.51. The Morgan fingerprint density at radius 1 is 0.236 bits per heavy atom. The topological polar surface area (TPSA) is 77.3 Å². The molecule has 3 heterocycles. The van der Waals surface area contributed by atoms with Crippen LogP contribution in [0.1, 0.15) is 0 Å². The number of fused-ring (bicyclic) bond motifs is 3. The SMILES string of the molecule is c1ccc(-c2nc(-c3ccccc3)nc(-c3cc(-c4ccc5c(c4)sc4ccccc45)cc(-c4nc(-c5ccccc5)nc(-c5ccccc5)n4)c3)n2)cc1. The van der Waals surface area contributed by atoms with E-state index < -0.39 is 0 Å². The molecule has 0 fully saturated rings. The van der Waals surface area contributed by atoms with Crippen molar-refractivity contribution in [3.8, 4) is 79.5 Å². The van der Waals surface area contributed by atoms with Crippen LogP contribution in [0.25, 0.3) is 99.6 Å². The van der Waals surface area contributed by atoms with Gasteiger partial charge >= 0.3 is 0 Å². The van der Waals surface area contributed by atoms with Gasteiger partial charge in [0, 0.05) is 53.6 Å². The Labute approximate surface area is 321 Å². The standard InChI is InChI=1S/C48H30N6S/c1-5-15-31(16-6-1)43-49-44(32-17-7-2-8-18-32)52-47(51-43)37-27-36(35-25-26-40-39-23-13-14-24-41(39)55-42(40)30-35)28-38(29-37)48-53-45(33-19-9-3-10-20-33)50-46(54-48)34-21-11-4-12-22-34/h1-30H. The van der Waals surface area contributed by atoms with Crippen LogP contribution in [0.3, 0.4) is 0 Å². The van der Waals surface area contributed by atoms with Crippen LogP contribution >= 0.6 is 11.3 Å². The number of benzene rings is 7. The fourth-order valence-electron chi connectivity index (χ4n) is 6.83. The zero-order valence-electron chi connectivity index (χ0n) is 29.4. The second-order valence-electron chi connectivity index (χ2n) is 13.2. The summed E-state index contributed by atoms with van der Waals surface area (Å²) in [6.07, 6.45) is 0. The summed E-state index contributed by atoms with van der Waals surface area (Å²) < 4.78 is 2.49. The Bertz CT molecular complexity index is 2710. The first kappa shape index (κ1) is 32.4. The van der Waals surface area contributed by atoms with Crippen molar-refractivity contribution in [3.63, 3.8) is 0 Å². The minimum atomic E-state index is 0.555. The Kier molecular flexibility index (Phi) is 8.24. The van der Waals surface area contributed by atoms with Gasteiger partial charge in [-0.25, -0.2) is 29.9 Å². The van der Waals surface area contributed by atoms with Gasteiger partial charge in [0.05, 0.1) is 0 Å². The molecular weight excluding hydrogens is 693 g/mol. The molecule has 258 valence electrons. The molecule has 6 nitrogen and oxygen atoms in total. The summed E-state index contributed by atoms with van der Waals surface area (Å²) in [7, 11) is 0. The van der Waals surface area contributed by atoms with Gasteiger partial charge < -0.3 is 0 Å². The highest BCUT2D eigenvalue weighted by Crippen LogP contribution is 2.39. The summed E-state index contributed by atoms with van der Waals surface area (Å²) in [4.78, 5) is 30.3. The smallest absolute Gasteiger partial charge is 0.164 e. The number of thiophene rings is 1. The van der Waals surface area contributed by atoms with Crippen molar-refractivity contribution in [2.24, 2.45) is 0 Å². The van der Waals surface area contributed by atoms with E-state index in [1.165, 1.54) is 20.2 Å². The summed E-state index contributed by atoms with van der Waals surface area (Å²) in [6, 6.07) is 61.8. The van der Waals surface area contributed by atoms with E-state index in [0.29, 0.717) is 34.9 Å². The van der Waals surface area contributed by atoms with Crippen molar-refractivity contribution < 1.29 is 0 Å². The number of rotatable bonds is 7. The molecule has 10 rings (SSSR count). The highest BCUT2D eigenvalue weighted by molar-refractivity contribution is 7.25. The molecule has 7 aromatic carbocycles. The molecule has 0 amide bonds. The zero-order chi connectivity index (χ0) is 36.6. The maximum Gasteiger partial charge on any atom is 0.164 e. The van der Waals surface area contributed by atoms with E-state index in [1.54, 1.807) is 11.3 Å². The summed E-state index contributed by atoms with van der Waals surface area (Å²) in [5.74, 6) is 3.50. The Morgan fingerprint density at radius 2 is 0.582 bits per heavy atom. The lowest BCUT2D eigenvalue weighted by Crippen LogP contribution is -2.02. The molecule has 10 aromatic rings. The van der Waals surface area contributed by atoms with Crippen LogP contribution in [0.5, 0.6) is 0 Å². The van der Waals surface area contributed by atoms with Crippen molar-refractivity contribution in [1.82, 2.24) is 29.9 Å². The van der Waals surface area contributed by atoms with Crippen molar-refractivity contribution in [3.05, 3.63) is 182 Å². The van der Waals surface area contributed by atoms with Crippen LogP contribution in [0.2, 0.25) is 0 Å². The van der Waals surface area contributed by atoms with Gasteiger partial charge in [-0.2, -0.15) is 0 Å². The van der Waals surface area contributed by atoms with Crippen molar-refractivity contribution in [2.45, 2.75) is 0 Å². The predicted octanol–water partition coefficient (Wildman–Crippen LogP) is 12.1. The van der Waals surface area contributed by atoms with Crippen LogP contribution < -0.4 is 0 Å². The van der Waals surface area contributed by atoms with E-state index in [9.17, 15) is 0 Å². The van der Waals surface area contributed by atoms with E-state index in [0.717, 1.165) is 44.5 Å². The molecule has 3 aromatic heterocycles. The van der Waals surface area contributed by atoms with Crippen LogP contribution in [0.4, 0.5) is 0 Å². The molecule has 0 spiro atoms. The van der Waals surface area contributed by atoms with E-state index in [1.807, 2.05) is 121 Å². The Morgan fingerprint density at radius 3 is 1.02 bits per heavy atom. The number of aromatic nitrogens is 6. The zero-order valence-corrected chi connectivity index (χ0v) is 30.2. The van der Waals surface area contributed by atoms with Gasteiger partial charge in [0.1, 0.15) is 0 Å². The minimum absolute atomic E-state index is 0.555. The van der Waals surface area contributed by atoms with Crippen LogP contribution in [0, 0.1) is 0 Å². The van der Waals surface area contributed by atoms with Gasteiger partial charge in [0.2, 0.25) is 0 Å². The second-order valence-corrected chi connectivity index (χ2v) is 14.3. The van der Waals surface area contributed by atoms with E-state index in [-0.39, 0.29) is 0 Å². The van der Waals surface area contributed by atoms with E-state index in [4.69, 9.17) is 29.9 Å². The normalized spacial score (nSPS) is 11.3. The van der Waals surface area contributed by atoms with Gasteiger partial charge in [0.15, 0.2) is 34.9 Å². The van der Waals surface area contributed by atoms with Crippen LogP contribution in [-0.4, -0.2) is 29.9 Å². The molecule has 0 aliphatic carbocycles. The van der Waals surface area contributed by atoms with Crippen LogP contribution in [-0.2, 0) is 0 Å². The summed E-state index contributed by atoms with van der Waals surface area (Å²) >= 11 is 1.80. The molecule has 0 atom stereocenters. The van der Waals surface area contributed by atoms with E-state index in [2.05, 4.69) is 60.7 Å². The quantitative estimate of drug-likeness (QED) is 0.163. The predicted molar refractivity (Wildman–Crippen MR) is 224 cm³/mol. The molecule has 0 saturated carbocycles. The maximum absolute atomic E-state index is 5.10. The summed E-state index contributed by atoms with van der Waals surface area (Å²) in [6.45, 7) is 0. The molecule has 0 saturated heterocycles. The average molecular weight is 723 g/mol. The molecule has 0 aliphatic rings. The average Bonchev–Trinajstić information content (AvgIpc) is 3.65. The first-order valence-corrected chi connectivity index (χ1v) is 18.8. The van der Waals surface area contributed by atoms with Crippen molar-refractivity contribution in [2.75, 3.05) is 0 Å². The largest absolute Gasteiger partial charge is 0.208 e. The molecule has 0 unspecified atom stereocenters. The Balaban J connectivity index is 1.22. The summed E-state index contributed by atoms with van der Waals surface area (Å²) in [5.41, 5.74) is 7.35. The fraction of sp³-hybridized carbons (Fsp3) is 0. The minimum Gasteiger partial charge on any atom is -0.208 e. The third kappa shape index (κ3) is 6.43. The van der Waals surface area contributed by atoms with Gasteiger partial charge in [-0.05, 0) is 41.5 Å². The highest BCUT2D eigenvalue weighted by atomic mass is 32.1. The lowest BCUT2D eigenvalue weighted by molar-refractivity contribution is 1.07. The van der Waals surface area contributed by atoms with Crippen molar-refractivity contribution >= 4 is 31.5 Å². The van der Waals surface area contributed by atoms with E-state index >= 15 is 0 Å². The second kappa shape index (κ2) is 14.0. The Hall–Kier alpha value is -7.22. The van der Waals surface area contributed by atoms with Crippen molar-refractivity contribution in [1.29, 1.82) is 0 Å². The molecular formula is C48H30N6S. The molecule has 0 bridgehead atoms. The number of hydrogen-bond donors (Lipinski definition) is 0. The maximum atomic E-state index is 5.10. The monoisotopic (exact) mass is 722 g/mol. The van der Waals surface area contributed by atoms with Crippen LogP contribution in [0.15, 0.2) is 182 Å². The molecule has 7 heteroatoms. The van der Waals surface area contributed by atoms with Gasteiger partial charge in [-0.15, -0.1) is 11.3 Å². The molecule has 0 aliphatic heterocycles. The number of nitrogens with zero attached hydrogens (tertiary/aromatic N) is 6. The molecule has 0 radical (unpaired) electrons. The molecule has 0 N–H and O–H groups in total. The highest BCUT2D eigenvalue weighted by Gasteiger charge is 2.18. The van der Waals surface area contributed by atoms with Gasteiger partial charge in [-0.3, -0.25) is 0 Å². The third-order valence-electron chi connectivity index (χ3n) is 9.56. The molecule has 55 heavy (non-hydrogen) atoms. The van der Waals surface area contributed by atoms with Gasteiger partial charge in [0.25, 0.3) is 0 Å². The number of hydrogen-bond acceptors (Lipinski definition) is 7. The lowest BCUT2D eigenvalue weighted by Gasteiger charge is -2.13. The fourth-order valence-corrected chi connectivity index (χ4v) is 7.98. The first-order chi connectivity index (χ1) is 27.2. The first-order valence-electron chi connectivity index (χ1n) is 18.0.